The highest BCUT2D eigenvalue weighted by molar-refractivity contribution is 7.86. The molecule has 0 bridgehead atoms. The van der Waals surface area contributed by atoms with Gasteiger partial charge in [0.1, 0.15) is 6.10 Å². The molecular formula is C12H23NO13S3. The zero-order chi connectivity index (χ0) is 22.8. The van der Waals surface area contributed by atoms with E-state index in [1.54, 1.807) is 0 Å². The third-order valence-corrected chi connectivity index (χ3v) is 5.05. The summed E-state index contributed by atoms with van der Waals surface area (Å²) in [6.45, 7) is 0.0681. The first-order chi connectivity index (χ1) is 12.9. The largest absolute Gasteiger partial charge is 0.366 e. The van der Waals surface area contributed by atoms with Crippen molar-refractivity contribution < 1.29 is 57.2 Å². The molecule has 1 saturated heterocycles. The van der Waals surface area contributed by atoms with E-state index in [1.807, 2.05) is 5.32 Å². The molecule has 172 valence electrons. The zero-order valence-electron chi connectivity index (χ0n) is 16.1. The Morgan fingerprint density at radius 1 is 1.00 bits per heavy atom. The van der Waals surface area contributed by atoms with E-state index in [4.69, 9.17) is 17.8 Å². The van der Waals surface area contributed by atoms with Crippen LogP contribution in [-0.2, 0) is 57.2 Å². The average Bonchev–Trinajstić information content (AvgIpc) is 2.47. The molecule has 2 N–H and O–H groups in total. The van der Waals surface area contributed by atoms with Crippen molar-refractivity contribution in [2.45, 2.75) is 37.3 Å². The number of amides is 1. The maximum absolute atomic E-state index is 11.7. The Morgan fingerprint density at radius 2 is 1.48 bits per heavy atom. The molecule has 14 nitrogen and oxygen atoms in total. The van der Waals surface area contributed by atoms with Gasteiger partial charge in [0, 0.05) is 14.0 Å². The molecule has 0 radical (unpaired) electrons. The summed E-state index contributed by atoms with van der Waals surface area (Å²) >= 11 is 0. The third-order valence-electron chi connectivity index (χ3n) is 3.37. The standard InChI is InChI=1S/C12H23NO13S3/c1-7(14)13-12(15)9(25-28(4,18)19)8(6-23-27(3,16)17)24-11(22-2)10(12)26-29(5,20)21/h8-11,15H,6H2,1-5H3,(H,13,14)/t8-,9-,10-,11+,12+/m1/s1. The number of carbonyl (C=O) groups is 1. The van der Waals surface area contributed by atoms with Crippen LogP contribution < -0.4 is 5.32 Å². The van der Waals surface area contributed by atoms with Crippen LogP contribution in [0.4, 0.5) is 0 Å². The van der Waals surface area contributed by atoms with Gasteiger partial charge in [0.25, 0.3) is 30.4 Å². The summed E-state index contributed by atoms with van der Waals surface area (Å²) in [5, 5.41) is 13.1. The summed E-state index contributed by atoms with van der Waals surface area (Å²) in [6.07, 6.45) is -5.57. The van der Waals surface area contributed by atoms with Crippen molar-refractivity contribution >= 4 is 36.3 Å². The van der Waals surface area contributed by atoms with E-state index in [0.717, 1.165) is 14.0 Å². The molecule has 1 heterocycles. The lowest BCUT2D eigenvalue weighted by molar-refractivity contribution is -0.319. The molecule has 1 rings (SSSR count). The molecule has 29 heavy (non-hydrogen) atoms. The lowest BCUT2D eigenvalue weighted by Crippen LogP contribution is -2.75. The molecule has 1 aliphatic heterocycles. The Labute approximate surface area is 168 Å². The number of hydrogen-bond acceptors (Lipinski definition) is 13. The topological polar surface area (TPSA) is 198 Å². The van der Waals surface area contributed by atoms with Gasteiger partial charge in [-0.3, -0.25) is 17.3 Å². The second-order valence-corrected chi connectivity index (χ2v) is 11.1. The summed E-state index contributed by atoms with van der Waals surface area (Å²) in [7, 11) is -11.7. The molecule has 1 aliphatic rings. The highest BCUT2D eigenvalue weighted by Crippen LogP contribution is 2.35. The Bertz CT molecular complexity index is 913. The fourth-order valence-electron chi connectivity index (χ4n) is 2.52. The molecular weight excluding hydrogens is 462 g/mol. The normalized spacial score (nSPS) is 31.4. The van der Waals surface area contributed by atoms with Crippen LogP contribution in [0.2, 0.25) is 0 Å². The average molecular weight is 486 g/mol. The first-order valence-electron chi connectivity index (χ1n) is 7.68. The zero-order valence-corrected chi connectivity index (χ0v) is 18.5. The fraction of sp³-hybridized carbons (Fsp3) is 0.917. The quantitative estimate of drug-likeness (QED) is 0.245. The third kappa shape index (κ3) is 8.02. The molecule has 0 aromatic rings. The summed E-state index contributed by atoms with van der Waals surface area (Å²) in [6, 6.07) is 0. The van der Waals surface area contributed by atoms with Gasteiger partial charge in [-0.1, -0.05) is 0 Å². The highest BCUT2D eigenvalue weighted by Gasteiger charge is 2.61. The van der Waals surface area contributed by atoms with Crippen molar-refractivity contribution in [1.29, 1.82) is 0 Å². The number of nitrogens with one attached hydrogen (secondary N) is 1. The summed E-state index contributed by atoms with van der Waals surface area (Å²) < 4.78 is 93.7. The van der Waals surface area contributed by atoms with Gasteiger partial charge in [0.2, 0.25) is 11.6 Å². The van der Waals surface area contributed by atoms with Crippen LogP contribution in [0, 0.1) is 0 Å². The molecule has 5 atom stereocenters. The first kappa shape index (κ1) is 26.1. The number of ether oxygens (including phenoxy) is 2. The van der Waals surface area contributed by atoms with Crippen molar-refractivity contribution in [1.82, 2.24) is 5.32 Å². The van der Waals surface area contributed by atoms with Gasteiger partial charge in [0.05, 0.1) is 25.4 Å². The fourth-order valence-corrected chi connectivity index (χ4v) is 4.16. The van der Waals surface area contributed by atoms with E-state index in [-0.39, 0.29) is 0 Å². The number of rotatable bonds is 9. The molecule has 0 saturated carbocycles. The van der Waals surface area contributed by atoms with Crippen LogP contribution in [0.3, 0.4) is 0 Å². The van der Waals surface area contributed by atoms with Gasteiger partial charge in [-0.15, -0.1) is 0 Å². The van der Waals surface area contributed by atoms with Crippen LogP contribution in [0.15, 0.2) is 0 Å². The second-order valence-electron chi connectivity index (χ2n) is 6.22. The lowest BCUT2D eigenvalue weighted by atomic mass is 9.91. The maximum atomic E-state index is 11.7. The van der Waals surface area contributed by atoms with Gasteiger partial charge in [-0.25, -0.2) is 0 Å². The van der Waals surface area contributed by atoms with Gasteiger partial charge >= 0.3 is 0 Å². The van der Waals surface area contributed by atoms with Crippen molar-refractivity contribution in [3.8, 4) is 0 Å². The Kier molecular flexibility index (Phi) is 8.16. The number of carbonyl (C=O) groups excluding carboxylic acids is 1. The van der Waals surface area contributed by atoms with Gasteiger partial charge in [0.15, 0.2) is 18.5 Å². The van der Waals surface area contributed by atoms with Gasteiger partial charge < -0.3 is 19.9 Å². The van der Waals surface area contributed by atoms with Gasteiger partial charge in [-0.2, -0.15) is 25.3 Å². The van der Waals surface area contributed by atoms with Gasteiger partial charge in [-0.05, 0) is 0 Å². The Balaban J connectivity index is 3.56. The van der Waals surface area contributed by atoms with E-state index in [2.05, 4.69) is 4.18 Å². The second kappa shape index (κ2) is 9.06. The first-order valence-corrected chi connectivity index (χ1v) is 13.1. The van der Waals surface area contributed by atoms with E-state index < -0.39 is 73.2 Å². The maximum Gasteiger partial charge on any atom is 0.265 e. The number of methoxy groups -OCH3 is 1. The summed E-state index contributed by atoms with van der Waals surface area (Å²) in [5.74, 6) is -0.934. The van der Waals surface area contributed by atoms with E-state index in [1.165, 1.54) is 0 Å². The Hall–Kier alpha value is -0.920. The Morgan fingerprint density at radius 3 is 1.86 bits per heavy atom. The summed E-state index contributed by atoms with van der Waals surface area (Å²) in [5.41, 5.74) is -2.86. The minimum atomic E-state index is -4.35. The van der Waals surface area contributed by atoms with Crippen LogP contribution in [0.1, 0.15) is 6.92 Å². The summed E-state index contributed by atoms with van der Waals surface area (Å²) in [4.78, 5) is 11.7. The lowest BCUT2D eigenvalue weighted by Gasteiger charge is -2.49. The highest BCUT2D eigenvalue weighted by atomic mass is 32.2. The van der Waals surface area contributed by atoms with Crippen molar-refractivity contribution in [2.75, 3.05) is 32.5 Å². The smallest absolute Gasteiger partial charge is 0.265 e. The van der Waals surface area contributed by atoms with Crippen molar-refractivity contribution in [3.63, 3.8) is 0 Å². The minimum absolute atomic E-state index is 0.602. The molecule has 1 fully saturated rings. The monoisotopic (exact) mass is 485 g/mol. The van der Waals surface area contributed by atoms with Crippen LogP contribution >= 0.6 is 0 Å². The predicted octanol–water partition coefficient (Wildman–Crippen LogP) is -3.15. The number of hydrogen-bond donors (Lipinski definition) is 2. The van der Waals surface area contributed by atoms with Crippen molar-refractivity contribution in [2.24, 2.45) is 0 Å². The number of aliphatic hydroxyl groups is 1. The van der Waals surface area contributed by atoms with Crippen LogP contribution in [-0.4, -0.2) is 99.1 Å². The molecule has 0 spiro atoms. The molecule has 1 amide bonds. The molecule has 0 unspecified atom stereocenters. The molecule has 0 aromatic carbocycles. The van der Waals surface area contributed by atoms with E-state index >= 15 is 0 Å². The van der Waals surface area contributed by atoms with Crippen molar-refractivity contribution in [3.05, 3.63) is 0 Å². The van der Waals surface area contributed by atoms with Crippen LogP contribution in [0.5, 0.6) is 0 Å². The van der Waals surface area contributed by atoms with E-state index in [9.17, 15) is 35.2 Å². The predicted molar refractivity (Wildman–Crippen MR) is 94.7 cm³/mol. The van der Waals surface area contributed by atoms with E-state index in [0.29, 0.717) is 18.8 Å². The molecule has 17 heteroatoms. The molecule has 0 aliphatic carbocycles. The van der Waals surface area contributed by atoms with Crippen LogP contribution in [0.25, 0.3) is 0 Å². The minimum Gasteiger partial charge on any atom is -0.366 e. The molecule has 0 aromatic heterocycles. The SMILES string of the molecule is CO[C@H]1O[C@H](COS(C)(=O)=O)[C@@H](OS(C)(=O)=O)[C@@](O)(NC(C)=O)[C@@H]1OS(C)(=O)=O.